The van der Waals surface area contributed by atoms with E-state index >= 15 is 0 Å². The number of benzene rings is 2. The molecule has 0 aliphatic heterocycles. The summed E-state index contributed by atoms with van der Waals surface area (Å²) in [6.45, 7) is 4.65. The number of rotatable bonds is 26. The lowest BCUT2D eigenvalue weighted by atomic mass is 9.86. The van der Waals surface area contributed by atoms with Gasteiger partial charge in [0.15, 0.2) is 0 Å². The molecule has 0 bridgehead atoms. The fourth-order valence-electron chi connectivity index (χ4n) is 6.41. The van der Waals surface area contributed by atoms with Crippen molar-refractivity contribution in [2.24, 2.45) is 0 Å². The van der Waals surface area contributed by atoms with E-state index in [1.807, 2.05) is 0 Å². The van der Waals surface area contributed by atoms with Crippen molar-refractivity contribution in [3.8, 4) is 0 Å². The summed E-state index contributed by atoms with van der Waals surface area (Å²) in [5.74, 6) is 0.733. The minimum Gasteiger partial charge on any atom is -0.0654 e. The molecule has 1 atom stereocenters. The van der Waals surface area contributed by atoms with Crippen LogP contribution < -0.4 is 0 Å². The second-order valence-electron chi connectivity index (χ2n) is 12.3. The largest absolute Gasteiger partial charge is 0.0654 e. The van der Waals surface area contributed by atoms with E-state index in [9.17, 15) is 0 Å². The molecule has 0 saturated heterocycles. The van der Waals surface area contributed by atoms with Gasteiger partial charge in [-0.2, -0.15) is 0 Å². The van der Waals surface area contributed by atoms with E-state index in [1.54, 1.807) is 5.56 Å². The van der Waals surface area contributed by atoms with E-state index in [2.05, 4.69) is 56.3 Å². The molecule has 0 saturated carbocycles. The zero-order chi connectivity index (χ0) is 26.9. The highest BCUT2D eigenvalue weighted by atomic mass is 14.2. The van der Waals surface area contributed by atoms with Crippen molar-refractivity contribution in [1.29, 1.82) is 0 Å². The Morgan fingerprint density at radius 3 is 1.29 bits per heavy atom. The molecular formula is C38H64. The standard InChI is InChI=1S/C38H64/c1-3-5-6-7-8-9-10-11-12-13-14-15-16-17-18-19-20-21-22-23-24-25-30-35(29-4-2)38-34-28-32-36-31-26-27-33-37(36)38/h26-28,31-35H,3-25,29-30H2,1-2H3. The Bertz CT molecular complexity index is 769. The molecular weight excluding hydrogens is 456 g/mol. The van der Waals surface area contributed by atoms with Crippen molar-refractivity contribution in [2.45, 2.75) is 180 Å². The maximum absolute atomic E-state index is 2.39. The highest BCUT2D eigenvalue weighted by Gasteiger charge is 2.13. The maximum Gasteiger partial charge on any atom is -0.0149 e. The first-order valence-corrected chi connectivity index (χ1v) is 17.3. The normalized spacial score (nSPS) is 12.4. The molecule has 2 rings (SSSR count). The second kappa shape index (κ2) is 23.6. The van der Waals surface area contributed by atoms with E-state index in [0.29, 0.717) is 0 Å². The van der Waals surface area contributed by atoms with Crippen molar-refractivity contribution in [1.82, 2.24) is 0 Å². The molecule has 2 aromatic rings. The third-order valence-corrected chi connectivity index (χ3v) is 8.81. The first-order valence-electron chi connectivity index (χ1n) is 17.3. The lowest BCUT2D eigenvalue weighted by Gasteiger charge is -2.19. The van der Waals surface area contributed by atoms with Crippen LogP contribution in [0.3, 0.4) is 0 Å². The molecule has 0 aliphatic rings. The van der Waals surface area contributed by atoms with Crippen LogP contribution in [0.15, 0.2) is 42.5 Å². The zero-order valence-corrected chi connectivity index (χ0v) is 25.8. The van der Waals surface area contributed by atoms with Crippen LogP contribution in [0.1, 0.15) is 186 Å². The third kappa shape index (κ3) is 15.3. The predicted molar refractivity (Wildman–Crippen MR) is 173 cm³/mol. The fraction of sp³-hybridized carbons (Fsp3) is 0.737. The summed E-state index contributed by atoms with van der Waals surface area (Å²) in [4.78, 5) is 0. The minimum absolute atomic E-state index is 0.733. The van der Waals surface area contributed by atoms with Crippen LogP contribution in [-0.4, -0.2) is 0 Å². The molecule has 0 heterocycles. The highest BCUT2D eigenvalue weighted by molar-refractivity contribution is 5.86. The van der Waals surface area contributed by atoms with Gasteiger partial charge in [-0.25, -0.2) is 0 Å². The Morgan fingerprint density at radius 1 is 0.395 bits per heavy atom. The molecule has 0 aromatic heterocycles. The van der Waals surface area contributed by atoms with Gasteiger partial charge in [-0.3, -0.25) is 0 Å². The summed E-state index contributed by atoms with van der Waals surface area (Å²) in [7, 11) is 0. The molecule has 0 radical (unpaired) electrons. The SMILES string of the molecule is CCCCCCCCCCCCCCCCCCCCCCCCC(CCC)c1cccc2ccccc12. The van der Waals surface area contributed by atoms with Gasteiger partial charge in [-0.1, -0.05) is 204 Å². The van der Waals surface area contributed by atoms with Crippen molar-refractivity contribution in [3.63, 3.8) is 0 Å². The molecule has 0 N–H and O–H groups in total. The number of fused-ring (bicyclic) bond motifs is 1. The van der Waals surface area contributed by atoms with E-state index < -0.39 is 0 Å². The summed E-state index contributed by atoms with van der Waals surface area (Å²) in [6, 6.07) is 15.9. The first-order chi connectivity index (χ1) is 18.9. The first kappa shape index (κ1) is 32.9. The van der Waals surface area contributed by atoms with Crippen LogP contribution in [0.5, 0.6) is 0 Å². The predicted octanol–water partition coefficient (Wildman–Crippen LogP) is 13.7. The van der Waals surface area contributed by atoms with Crippen LogP contribution in [0.2, 0.25) is 0 Å². The molecule has 0 amide bonds. The molecule has 0 nitrogen and oxygen atoms in total. The van der Waals surface area contributed by atoms with Gasteiger partial charge >= 0.3 is 0 Å². The van der Waals surface area contributed by atoms with Crippen molar-refractivity contribution in [2.75, 3.05) is 0 Å². The van der Waals surface area contributed by atoms with Gasteiger partial charge in [0.2, 0.25) is 0 Å². The van der Waals surface area contributed by atoms with Gasteiger partial charge in [0.25, 0.3) is 0 Å². The molecule has 0 aliphatic carbocycles. The highest BCUT2D eigenvalue weighted by Crippen LogP contribution is 2.32. The van der Waals surface area contributed by atoms with E-state index in [0.717, 1.165) is 5.92 Å². The van der Waals surface area contributed by atoms with E-state index in [-0.39, 0.29) is 0 Å². The van der Waals surface area contributed by atoms with Crippen molar-refractivity contribution < 1.29 is 0 Å². The Kier molecular flexibility index (Phi) is 20.4. The van der Waals surface area contributed by atoms with E-state index in [1.165, 1.54) is 171 Å². The monoisotopic (exact) mass is 521 g/mol. The van der Waals surface area contributed by atoms with Gasteiger partial charge in [-0.15, -0.1) is 0 Å². The molecule has 2 aromatic carbocycles. The summed E-state index contributed by atoms with van der Waals surface area (Å²) in [6.07, 6.45) is 36.1. The topological polar surface area (TPSA) is 0 Å². The van der Waals surface area contributed by atoms with Gasteiger partial charge in [0.1, 0.15) is 0 Å². The number of unbranched alkanes of at least 4 members (excludes halogenated alkanes) is 21. The summed E-state index contributed by atoms with van der Waals surface area (Å²) < 4.78 is 0. The average Bonchev–Trinajstić information content (AvgIpc) is 2.95. The second-order valence-corrected chi connectivity index (χ2v) is 12.3. The summed E-state index contributed by atoms with van der Waals surface area (Å²) in [5.41, 5.74) is 1.59. The summed E-state index contributed by atoms with van der Waals surface area (Å²) in [5, 5.41) is 2.88. The fourth-order valence-corrected chi connectivity index (χ4v) is 6.41. The van der Waals surface area contributed by atoms with Gasteiger partial charge in [0, 0.05) is 0 Å². The van der Waals surface area contributed by atoms with Crippen LogP contribution in [0, 0.1) is 0 Å². The minimum atomic E-state index is 0.733. The number of hydrogen-bond donors (Lipinski definition) is 0. The molecule has 1 unspecified atom stereocenters. The Hall–Kier alpha value is -1.30. The van der Waals surface area contributed by atoms with Gasteiger partial charge in [0.05, 0.1) is 0 Å². The average molecular weight is 521 g/mol. The Labute approximate surface area is 238 Å². The molecule has 0 heteroatoms. The van der Waals surface area contributed by atoms with Crippen LogP contribution in [-0.2, 0) is 0 Å². The van der Waals surface area contributed by atoms with Gasteiger partial charge in [-0.05, 0) is 35.1 Å². The van der Waals surface area contributed by atoms with Crippen LogP contribution in [0.25, 0.3) is 10.8 Å². The van der Waals surface area contributed by atoms with Crippen LogP contribution >= 0.6 is 0 Å². The molecule has 216 valence electrons. The molecule has 0 fully saturated rings. The lowest BCUT2D eigenvalue weighted by Crippen LogP contribution is -2.00. The number of hydrogen-bond acceptors (Lipinski definition) is 0. The van der Waals surface area contributed by atoms with Gasteiger partial charge < -0.3 is 0 Å². The van der Waals surface area contributed by atoms with Crippen LogP contribution in [0.4, 0.5) is 0 Å². The Balaban J connectivity index is 1.36. The van der Waals surface area contributed by atoms with Crippen molar-refractivity contribution in [3.05, 3.63) is 48.0 Å². The smallest absolute Gasteiger partial charge is 0.0149 e. The van der Waals surface area contributed by atoms with E-state index in [4.69, 9.17) is 0 Å². The quantitative estimate of drug-likeness (QED) is 0.108. The zero-order valence-electron chi connectivity index (χ0n) is 25.8. The lowest BCUT2D eigenvalue weighted by molar-refractivity contribution is 0.501. The third-order valence-electron chi connectivity index (χ3n) is 8.81. The maximum atomic E-state index is 2.39. The van der Waals surface area contributed by atoms with Crippen molar-refractivity contribution >= 4 is 10.8 Å². The molecule has 38 heavy (non-hydrogen) atoms. The molecule has 0 spiro atoms. The Morgan fingerprint density at radius 2 is 0.816 bits per heavy atom. The summed E-state index contributed by atoms with van der Waals surface area (Å²) >= 11 is 0.